The Labute approximate surface area is 244 Å². The topological polar surface area (TPSA) is 94.0 Å². The molecule has 0 bridgehead atoms. The van der Waals surface area contributed by atoms with E-state index in [9.17, 15) is 28.0 Å². The molecule has 0 saturated carbocycles. The molecule has 0 aromatic heterocycles. The number of alkyl halides is 3. The van der Waals surface area contributed by atoms with Gasteiger partial charge in [-0.15, -0.1) is 0 Å². The molecule has 0 aliphatic heterocycles. The molecular weight excluding hydrogens is 545 g/mol. The van der Waals surface area contributed by atoms with Crippen molar-refractivity contribution in [3.8, 4) is 0 Å². The Morgan fingerprint density at radius 3 is 2.17 bits per heavy atom. The minimum absolute atomic E-state index is 0.00600. The van der Waals surface area contributed by atoms with E-state index in [1.807, 2.05) is 44.2 Å². The van der Waals surface area contributed by atoms with Gasteiger partial charge in [-0.05, 0) is 54.7 Å². The van der Waals surface area contributed by atoms with E-state index in [4.69, 9.17) is 0 Å². The number of hydrogen-bond donors (Lipinski definition) is 3. The highest BCUT2D eigenvalue weighted by Crippen LogP contribution is 2.29. The van der Waals surface area contributed by atoms with Crippen LogP contribution in [0, 0.1) is 0 Å². The van der Waals surface area contributed by atoms with Crippen molar-refractivity contribution in [2.24, 2.45) is 5.16 Å². The van der Waals surface area contributed by atoms with Crippen molar-refractivity contribution in [1.82, 2.24) is 15.5 Å². The van der Waals surface area contributed by atoms with Gasteiger partial charge in [0, 0.05) is 37.3 Å². The van der Waals surface area contributed by atoms with Crippen LogP contribution in [-0.2, 0) is 19.1 Å². The van der Waals surface area contributed by atoms with Gasteiger partial charge in [-0.1, -0.05) is 73.6 Å². The first-order valence-corrected chi connectivity index (χ1v) is 14.0. The van der Waals surface area contributed by atoms with Crippen LogP contribution >= 0.6 is 0 Å². The number of hydrogen-bond acceptors (Lipinski definition) is 5. The van der Waals surface area contributed by atoms with Gasteiger partial charge in [-0.3, -0.25) is 9.59 Å². The maximum Gasteiger partial charge on any atom is 0.416 e. The first-order chi connectivity index (χ1) is 20.2. The average molecular weight is 583 g/mol. The van der Waals surface area contributed by atoms with Gasteiger partial charge < -0.3 is 20.7 Å². The molecule has 3 N–H and O–H groups in total. The molecule has 42 heavy (non-hydrogen) atoms. The zero-order valence-corrected chi connectivity index (χ0v) is 23.8. The van der Waals surface area contributed by atoms with E-state index in [2.05, 4.69) is 15.8 Å². The summed E-state index contributed by atoms with van der Waals surface area (Å²) in [5.74, 6) is -0.604. The SMILES string of the molecule is CCCN(CCC)C(=O)c1cccc(C(=O)N[C@@H](Cc2ccccc2)C(CNCc2cccc(C(F)(F)F)c2)=NO)c1. The number of nitrogens with one attached hydrogen (secondary N) is 2. The minimum Gasteiger partial charge on any atom is -0.411 e. The van der Waals surface area contributed by atoms with E-state index in [1.54, 1.807) is 35.2 Å². The molecule has 10 heteroatoms. The molecule has 7 nitrogen and oxygen atoms in total. The molecule has 3 rings (SSSR count). The molecule has 0 aliphatic carbocycles. The second-order valence-electron chi connectivity index (χ2n) is 9.98. The summed E-state index contributed by atoms with van der Waals surface area (Å²) in [7, 11) is 0. The number of rotatable bonds is 14. The van der Waals surface area contributed by atoms with E-state index < -0.39 is 23.7 Å². The third kappa shape index (κ3) is 9.44. The Morgan fingerprint density at radius 2 is 1.52 bits per heavy atom. The lowest BCUT2D eigenvalue weighted by molar-refractivity contribution is -0.137. The third-order valence-corrected chi connectivity index (χ3v) is 6.65. The van der Waals surface area contributed by atoms with E-state index >= 15 is 0 Å². The first kappa shape index (κ1) is 32.3. The molecule has 0 radical (unpaired) electrons. The molecular formula is C32H37F3N4O3. The van der Waals surface area contributed by atoms with Gasteiger partial charge in [0.25, 0.3) is 11.8 Å². The number of carbonyl (C=O) groups is 2. The number of amides is 2. The quantitative estimate of drug-likeness (QED) is 0.125. The van der Waals surface area contributed by atoms with Crippen LogP contribution in [0.25, 0.3) is 0 Å². The second kappa shape index (κ2) is 15.7. The van der Waals surface area contributed by atoms with E-state index in [-0.39, 0.29) is 30.3 Å². The van der Waals surface area contributed by atoms with Crippen LogP contribution in [0.2, 0.25) is 0 Å². The Balaban J connectivity index is 1.77. The summed E-state index contributed by atoms with van der Waals surface area (Å²) in [5, 5.41) is 19.2. The lowest BCUT2D eigenvalue weighted by Gasteiger charge is -2.22. The lowest BCUT2D eigenvalue weighted by Crippen LogP contribution is -2.46. The second-order valence-corrected chi connectivity index (χ2v) is 9.98. The number of carbonyl (C=O) groups excluding carboxylic acids is 2. The van der Waals surface area contributed by atoms with E-state index in [0.717, 1.165) is 30.5 Å². The molecule has 0 fully saturated rings. The summed E-state index contributed by atoms with van der Waals surface area (Å²) in [4.78, 5) is 28.3. The van der Waals surface area contributed by atoms with Crippen molar-refractivity contribution < 1.29 is 28.0 Å². The molecule has 3 aromatic rings. The zero-order chi connectivity index (χ0) is 30.5. The molecule has 3 aromatic carbocycles. The van der Waals surface area contributed by atoms with Crippen LogP contribution in [0.4, 0.5) is 13.2 Å². The first-order valence-electron chi connectivity index (χ1n) is 14.0. The zero-order valence-electron chi connectivity index (χ0n) is 23.8. The number of oxime groups is 1. The van der Waals surface area contributed by atoms with Crippen LogP contribution in [0.5, 0.6) is 0 Å². The number of benzene rings is 3. The van der Waals surface area contributed by atoms with Crippen molar-refractivity contribution in [2.45, 2.75) is 51.9 Å². The summed E-state index contributed by atoms with van der Waals surface area (Å²) in [5.41, 5.74) is 1.42. The highest BCUT2D eigenvalue weighted by atomic mass is 19.4. The van der Waals surface area contributed by atoms with Crippen LogP contribution in [0.15, 0.2) is 84.0 Å². The van der Waals surface area contributed by atoms with Gasteiger partial charge in [0.05, 0.1) is 17.3 Å². The van der Waals surface area contributed by atoms with Crippen LogP contribution in [0.1, 0.15) is 64.1 Å². The molecule has 0 unspecified atom stereocenters. The fourth-order valence-corrected chi connectivity index (χ4v) is 4.60. The van der Waals surface area contributed by atoms with Crippen LogP contribution in [-0.4, -0.2) is 53.3 Å². The highest BCUT2D eigenvalue weighted by Gasteiger charge is 2.30. The Kier molecular flexibility index (Phi) is 12.1. The smallest absolute Gasteiger partial charge is 0.411 e. The predicted molar refractivity (Wildman–Crippen MR) is 157 cm³/mol. The molecule has 0 saturated heterocycles. The summed E-state index contributed by atoms with van der Waals surface area (Å²) in [6, 6.07) is 20.0. The average Bonchev–Trinajstić information content (AvgIpc) is 2.99. The van der Waals surface area contributed by atoms with Gasteiger partial charge in [-0.25, -0.2) is 0 Å². The maximum absolute atomic E-state index is 13.4. The minimum atomic E-state index is -4.45. The predicted octanol–water partition coefficient (Wildman–Crippen LogP) is 5.93. The summed E-state index contributed by atoms with van der Waals surface area (Å²) in [6.07, 6.45) is -2.52. The standard InChI is InChI=1S/C32H37F3N4O3/c1-3-16-39(17-4-2)31(41)26-14-9-13-25(20-26)30(40)37-28(19-23-10-6-5-7-11-23)29(38-42)22-36-21-24-12-8-15-27(18-24)32(33,34)35/h5-15,18,20,28,36,42H,3-4,16-17,19,21-22H2,1-2H3,(H,37,40)/t28-/m0/s1. The van der Waals surface area contributed by atoms with Gasteiger partial charge >= 0.3 is 6.18 Å². The molecule has 0 spiro atoms. The van der Waals surface area contributed by atoms with Crippen LogP contribution in [0.3, 0.4) is 0 Å². The van der Waals surface area contributed by atoms with Gasteiger partial charge in [-0.2, -0.15) is 13.2 Å². The van der Waals surface area contributed by atoms with Crippen molar-refractivity contribution in [3.63, 3.8) is 0 Å². The molecule has 1 atom stereocenters. The fourth-order valence-electron chi connectivity index (χ4n) is 4.60. The normalized spacial score (nSPS) is 12.5. The summed E-state index contributed by atoms with van der Waals surface area (Å²) < 4.78 is 39.3. The largest absolute Gasteiger partial charge is 0.416 e. The molecule has 0 heterocycles. The lowest BCUT2D eigenvalue weighted by atomic mass is 10.0. The molecule has 0 aliphatic rings. The monoisotopic (exact) mass is 582 g/mol. The summed E-state index contributed by atoms with van der Waals surface area (Å²) in [6.45, 7) is 5.33. The van der Waals surface area contributed by atoms with E-state index in [0.29, 0.717) is 30.6 Å². The van der Waals surface area contributed by atoms with Crippen molar-refractivity contribution >= 4 is 17.5 Å². The van der Waals surface area contributed by atoms with Gasteiger partial charge in [0.2, 0.25) is 0 Å². The van der Waals surface area contributed by atoms with E-state index in [1.165, 1.54) is 6.07 Å². The highest BCUT2D eigenvalue weighted by molar-refractivity contribution is 6.02. The Hall–Kier alpha value is -4.18. The van der Waals surface area contributed by atoms with Gasteiger partial charge in [0.1, 0.15) is 0 Å². The van der Waals surface area contributed by atoms with Gasteiger partial charge in [0.15, 0.2) is 0 Å². The number of nitrogens with zero attached hydrogens (tertiary/aromatic N) is 2. The summed E-state index contributed by atoms with van der Waals surface area (Å²) >= 11 is 0. The third-order valence-electron chi connectivity index (χ3n) is 6.65. The molecule has 2 amide bonds. The Bertz CT molecular complexity index is 1340. The molecule has 224 valence electrons. The van der Waals surface area contributed by atoms with Crippen LogP contribution < -0.4 is 10.6 Å². The fraction of sp³-hybridized carbons (Fsp3) is 0.344. The maximum atomic E-state index is 13.4. The number of halogens is 3. The van der Waals surface area contributed by atoms with Crippen molar-refractivity contribution in [1.29, 1.82) is 0 Å². The van der Waals surface area contributed by atoms with Crippen molar-refractivity contribution in [2.75, 3.05) is 19.6 Å². The van der Waals surface area contributed by atoms with Crippen molar-refractivity contribution in [3.05, 3.63) is 107 Å². The Morgan fingerprint density at radius 1 is 0.881 bits per heavy atom.